The highest BCUT2D eigenvalue weighted by molar-refractivity contribution is 5.93. The van der Waals surface area contributed by atoms with E-state index in [9.17, 15) is 15.0 Å². The molecule has 0 aromatic heterocycles. The van der Waals surface area contributed by atoms with Gasteiger partial charge in [0, 0.05) is 0 Å². The lowest BCUT2D eigenvalue weighted by Crippen LogP contribution is -2.42. The average molecular weight is 212 g/mol. The Morgan fingerprint density at radius 3 is 2.60 bits per heavy atom. The second-order valence-corrected chi connectivity index (χ2v) is 4.59. The highest BCUT2D eigenvalue weighted by atomic mass is 16.6. The molecule has 0 amide bonds. The van der Waals surface area contributed by atoms with Crippen molar-refractivity contribution in [3.05, 3.63) is 11.6 Å². The average Bonchev–Trinajstić information content (AvgIpc) is 2.89. The molecule has 2 rings (SSSR count). The molecule has 2 N–H and O–H groups in total. The van der Waals surface area contributed by atoms with Crippen LogP contribution in [0.5, 0.6) is 0 Å². The van der Waals surface area contributed by atoms with E-state index in [4.69, 9.17) is 4.74 Å². The van der Waals surface area contributed by atoms with Crippen molar-refractivity contribution in [2.24, 2.45) is 5.92 Å². The number of fused-ring (bicyclic) bond motifs is 1. The van der Waals surface area contributed by atoms with Gasteiger partial charge in [-0.3, -0.25) is 4.79 Å². The van der Waals surface area contributed by atoms with Crippen LogP contribution in [-0.4, -0.2) is 40.4 Å². The van der Waals surface area contributed by atoms with E-state index in [0.29, 0.717) is 6.42 Å². The van der Waals surface area contributed by atoms with Crippen LogP contribution in [0.15, 0.2) is 11.6 Å². The van der Waals surface area contributed by atoms with Gasteiger partial charge in [-0.25, -0.2) is 0 Å². The van der Waals surface area contributed by atoms with Crippen LogP contribution in [-0.2, 0) is 9.53 Å². The van der Waals surface area contributed by atoms with Crippen LogP contribution in [0.25, 0.3) is 0 Å². The van der Waals surface area contributed by atoms with Gasteiger partial charge in [-0.1, -0.05) is 5.57 Å². The zero-order valence-electron chi connectivity index (χ0n) is 8.88. The number of hydrogen-bond acceptors (Lipinski definition) is 4. The maximum absolute atomic E-state index is 11.7. The van der Waals surface area contributed by atoms with Crippen molar-refractivity contribution < 1.29 is 19.7 Å². The second-order valence-electron chi connectivity index (χ2n) is 4.59. The maximum atomic E-state index is 11.7. The molecule has 15 heavy (non-hydrogen) atoms. The minimum absolute atomic E-state index is 0.115. The van der Waals surface area contributed by atoms with Crippen LogP contribution in [0.2, 0.25) is 0 Å². The molecule has 1 saturated carbocycles. The third kappa shape index (κ3) is 1.97. The van der Waals surface area contributed by atoms with Crippen LogP contribution in [0.3, 0.4) is 0 Å². The first-order valence-electron chi connectivity index (χ1n) is 5.21. The number of rotatable bonds is 2. The number of allylic oxidation sites excluding steroid dienone is 2. The van der Waals surface area contributed by atoms with Crippen molar-refractivity contribution in [2.75, 3.05) is 0 Å². The summed E-state index contributed by atoms with van der Waals surface area (Å²) < 4.78 is 5.11. The van der Waals surface area contributed by atoms with Crippen LogP contribution in [0.1, 0.15) is 20.3 Å². The fourth-order valence-corrected chi connectivity index (χ4v) is 2.16. The zero-order valence-corrected chi connectivity index (χ0v) is 8.88. The van der Waals surface area contributed by atoms with E-state index >= 15 is 0 Å². The highest BCUT2D eigenvalue weighted by Gasteiger charge is 2.56. The van der Waals surface area contributed by atoms with Gasteiger partial charge in [-0.15, -0.1) is 0 Å². The number of epoxide rings is 1. The Balaban J connectivity index is 2.08. The molecule has 0 spiro atoms. The van der Waals surface area contributed by atoms with E-state index in [0.717, 1.165) is 5.57 Å². The fraction of sp³-hybridized carbons (Fsp3) is 0.727. The highest BCUT2D eigenvalue weighted by Crippen LogP contribution is 2.40. The van der Waals surface area contributed by atoms with Gasteiger partial charge in [0.1, 0.15) is 12.2 Å². The Morgan fingerprint density at radius 1 is 1.33 bits per heavy atom. The molecule has 1 aliphatic heterocycles. The second kappa shape index (κ2) is 3.70. The lowest BCUT2D eigenvalue weighted by Gasteiger charge is -2.25. The van der Waals surface area contributed by atoms with Crippen molar-refractivity contribution in [3.8, 4) is 0 Å². The van der Waals surface area contributed by atoms with Crippen molar-refractivity contribution in [1.82, 2.24) is 0 Å². The summed E-state index contributed by atoms with van der Waals surface area (Å²) in [6.07, 6.45) is -0.155. The topological polar surface area (TPSA) is 70.1 Å². The first-order chi connectivity index (χ1) is 7.00. The van der Waals surface area contributed by atoms with Gasteiger partial charge in [0.2, 0.25) is 0 Å². The Labute approximate surface area is 88.6 Å². The lowest BCUT2D eigenvalue weighted by molar-refractivity contribution is -0.124. The van der Waals surface area contributed by atoms with Crippen LogP contribution in [0, 0.1) is 5.92 Å². The zero-order chi connectivity index (χ0) is 11.2. The predicted octanol–water partition coefficient (Wildman–Crippen LogP) is 0.0308. The van der Waals surface area contributed by atoms with Crippen molar-refractivity contribution in [3.63, 3.8) is 0 Å². The Bertz CT molecular complexity index is 306. The van der Waals surface area contributed by atoms with E-state index in [-0.39, 0.29) is 18.0 Å². The fourth-order valence-electron chi connectivity index (χ4n) is 2.16. The molecule has 1 aliphatic carbocycles. The molecule has 0 aromatic carbocycles. The molecule has 84 valence electrons. The molecule has 0 bridgehead atoms. The van der Waals surface area contributed by atoms with E-state index < -0.39 is 18.1 Å². The quantitative estimate of drug-likeness (QED) is 0.500. The predicted molar refractivity (Wildman–Crippen MR) is 53.2 cm³/mol. The first-order valence-corrected chi connectivity index (χ1v) is 5.21. The van der Waals surface area contributed by atoms with Crippen LogP contribution in [0.4, 0.5) is 0 Å². The summed E-state index contributed by atoms with van der Waals surface area (Å²) in [5, 5.41) is 19.4. The van der Waals surface area contributed by atoms with E-state index in [2.05, 4.69) is 0 Å². The lowest BCUT2D eigenvalue weighted by atomic mass is 9.81. The van der Waals surface area contributed by atoms with Crippen molar-refractivity contribution in [2.45, 2.75) is 44.7 Å². The van der Waals surface area contributed by atoms with Crippen molar-refractivity contribution in [1.29, 1.82) is 0 Å². The summed E-state index contributed by atoms with van der Waals surface area (Å²) in [5.74, 6) is -0.630. The van der Waals surface area contributed by atoms with Gasteiger partial charge in [-0.2, -0.15) is 0 Å². The van der Waals surface area contributed by atoms with Gasteiger partial charge >= 0.3 is 0 Å². The molecule has 5 atom stereocenters. The third-order valence-electron chi connectivity index (χ3n) is 2.98. The van der Waals surface area contributed by atoms with E-state index in [1.54, 1.807) is 0 Å². The molecule has 2 fully saturated rings. The monoisotopic (exact) mass is 212 g/mol. The minimum Gasteiger partial charge on any atom is -0.390 e. The van der Waals surface area contributed by atoms with Gasteiger partial charge in [-0.05, 0) is 26.3 Å². The summed E-state index contributed by atoms with van der Waals surface area (Å²) in [6.45, 7) is 3.67. The molecule has 1 heterocycles. The van der Waals surface area contributed by atoms with E-state index in [1.165, 1.54) is 6.08 Å². The molecule has 0 radical (unpaired) electrons. The van der Waals surface area contributed by atoms with Gasteiger partial charge in [0.05, 0.1) is 18.1 Å². The van der Waals surface area contributed by atoms with Crippen LogP contribution < -0.4 is 0 Å². The number of aliphatic hydroxyl groups is 2. The largest absolute Gasteiger partial charge is 0.390 e. The third-order valence-corrected chi connectivity index (χ3v) is 2.98. The Kier molecular flexibility index (Phi) is 2.66. The first kappa shape index (κ1) is 10.8. The van der Waals surface area contributed by atoms with E-state index in [1.807, 2.05) is 13.8 Å². The molecular weight excluding hydrogens is 196 g/mol. The summed E-state index contributed by atoms with van der Waals surface area (Å²) in [4.78, 5) is 11.7. The number of ether oxygens (including phenoxy) is 1. The number of aliphatic hydroxyl groups excluding tert-OH is 2. The summed E-state index contributed by atoms with van der Waals surface area (Å²) >= 11 is 0. The smallest absolute Gasteiger partial charge is 0.161 e. The summed E-state index contributed by atoms with van der Waals surface area (Å²) in [6, 6.07) is 0. The molecule has 0 unspecified atom stereocenters. The summed E-state index contributed by atoms with van der Waals surface area (Å²) in [7, 11) is 0. The van der Waals surface area contributed by atoms with Crippen molar-refractivity contribution >= 4 is 5.78 Å². The van der Waals surface area contributed by atoms with Gasteiger partial charge < -0.3 is 14.9 Å². The Hall–Kier alpha value is -0.710. The SMILES string of the molecule is CC(C)=CC(=O)[C@H]1C[C@H](O)[C@H]2O[C@H]2[C@@H]1O. The molecule has 4 heteroatoms. The Morgan fingerprint density at radius 2 is 2.00 bits per heavy atom. The normalized spacial score (nSPS) is 43.1. The maximum Gasteiger partial charge on any atom is 0.161 e. The van der Waals surface area contributed by atoms with Crippen LogP contribution >= 0.6 is 0 Å². The van der Waals surface area contributed by atoms with Gasteiger partial charge in [0.15, 0.2) is 5.78 Å². The standard InChI is InChI=1S/C11H16O4/c1-5(2)3-7(12)6-4-8(13)10-11(15-10)9(6)14/h3,6,8-11,13-14H,4H2,1-2H3/t6-,8+,9-,10-,11+/m1/s1. The number of carbonyl (C=O) groups is 1. The number of hydrogen-bond donors (Lipinski definition) is 2. The van der Waals surface area contributed by atoms with Gasteiger partial charge in [0.25, 0.3) is 0 Å². The molecule has 4 nitrogen and oxygen atoms in total. The molecule has 0 aromatic rings. The molecular formula is C11H16O4. The summed E-state index contributed by atoms with van der Waals surface area (Å²) in [5.41, 5.74) is 0.903. The number of ketones is 1. The minimum atomic E-state index is -0.763. The molecule has 1 saturated heterocycles. The molecule has 2 aliphatic rings. The number of carbonyl (C=O) groups excluding carboxylic acids is 1.